The molecule has 4 heterocycles. The lowest BCUT2D eigenvalue weighted by Gasteiger charge is -2.33. The highest BCUT2D eigenvalue weighted by molar-refractivity contribution is 6.46. The normalized spacial score (nSPS) is 23.8. The average molecular weight is 415 g/mol. The largest absolute Gasteiger partial charge is 0.368 e. The Balaban J connectivity index is 1.50. The summed E-state index contributed by atoms with van der Waals surface area (Å²) < 4.78 is 0. The predicted molar refractivity (Wildman–Crippen MR) is 111 cm³/mol. The Morgan fingerprint density at radius 2 is 1.94 bits per heavy atom. The second kappa shape index (κ2) is 7.64. The summed E-state index contributed by atoms with van der Waals surface area (Å²) in [5.41, 5.74) is 3.42. The molecule has 11 heteroatoms. The number of fused-ring (bicyclic) bond motifs is 2. The van der Waals surface area contributed by atoms with Crippen molar-refractivity contribution in [1.29, 1.82) is 5.26 Å². The third-order valence-corrected chi connectivity index (χ3v) is 5.54. The fraction of sp³-hybridized carbons (Fsp3) is 0.350. The van der Waals surface area contributed by atoms with E-state index in [1.807, 2.05) is 4.90 Å². The summed E-state index contributed by atoms with van der Waals surface area (Å²) >= 11 is 0. The molecule has 1 aromatic rings. The standard InChI is InChI=1S/C20H17N9O2/c21-6-3-11-4-7-29(8-5-11)19-24-15-10-22-28-18(30)16(15)17(27-19)23-12-1-2-13-14(9-12)26-20(31)25-13/h1-2,9-11,16H,3-5,7-8H2,(H,28,30). The van der Waals surface area contributed by atoms with Crippen molar-refractivity contribution in [2.24, 2.45) is 41.9 Å². The Hall–Kier alpha value is -4.07. The van der Waals surface area contributed by atoms with Crippen LogP contribution >= 0.6 is 0 Å². The van der Waals surface area contributed by atoms with Crippen LogP contribution in [-0.2, 0) is 4.79 Å². The number of amidine groups is 1. The van der Waals surface area contributed by atoms with Gasteiger partial charge in [-0.1, -0.05) is 0 Å². The van der Waals surface area contributed by atoms with Crippen molar-refractivity contribution in [3.05, 3.63) is 28.9 Å². The number of aliphatic imine (C=N–C) groups is 3. The van der Waals surface area contributed by atoms with Gasteiger partial charge in [0.05, 0.1) is 34.4 Å². The lowest BCUT2D eigenvalue weighted by molar-refractivity contribution is -0.121. The highest BCUT2D eigenvalue weighted by atomic mass is 16.2. The molecule has 0 aliphatic carbocycles. The molecule has 1 saturated heterocycles. The molecule has 1 aromatic carbocycles. The number of carbonyl (C=O) groups is 2. The molecule has 5 rings (SSSR count). The van der Waals surface area contributed by atoms with Gasteiger partial charge in [-0.2, -0.15) is 25.3 Å². The fourth-order valence-electron chi connectivity index (χ4n) is 3.91. The fourth-order valence-corrected chi connectivity index (χ4v) is 3.91. The number of hydrazone groups is 1. The number of carbonyl (C=O) groups excluding carboxylic acids is 2. The van der Waals surface area contributed by atoms with Crippen LogP contribution in [0, 0.1) is 23.2 Å². The number of nitrogens with zero attached hydrogens (tertiary/aromatic N) is 8. The minimum absolute atomic E-state index is 0.295. The summed E-state index contributed by atoms with van der Waals surface area (Å²) in [5.74, 6) is 0.0336. The summed E-state index contributed by atoms with van der Waals surface area (Å²) in [6.07, 6.45) is 3.82. The number of nitrogens with one attached hydrogen (secondary N) is 1. The van der Waals surface area contributed by atoms with Gasteiger partial charge in [-0.3, -0.25) is 4.79 Å². The van der Waals surface area contributed by atoms with Gasteiger partial charge in [-0.15, -0.1) is 0 Å². The molecule has 1 fully saturated rings. The molecule has 0 aromatic heterocycles. The van der Waals surface area contributed by atoms with Crippen LogP contribution in [0.15, 0.2) is 48.3 Å². The molecule has 0 spiro atoms. The van der Waals surface area contributed by atoms with Gasteiger partial charge in [-0.05, 0) is 37.0 Å². The number of guanidine groups is 1. The van der Waals surface area contributed by atoms with Crippen molar-refractivity contribution < 1.29 is 9.59 Å². The smallest absolute Gasteiger partial charge is 0.341 e. The lowest BCUT2D eigenvalue weighted by atomic mass is 9.94. The van der Waals surface area contributed by atoms with Gasteiger partial charge in [0.1, 0.15) is 5.92 Å². The van der Waals surface area contributed by atoms with E-state index < -0.39 is 11.9 Å². The number of benzene rings is 1. The second-order valence-electron chi connectivity index (χ2n) is 7.56. The molecule has 11 nitrogen and oxygen atoms in total. The highest BCUT2D eigenvalue weighted by Crippen LogP contribution is 2.24. The van der Waals surface area contributed by atoms with E-state index in [0.29, 0.717) is 46.2 Å². The SMILES string of the molecule is N#CCC1CCN(C2=NC(=Nc3ccc4c(c3)=NC(=O)N=4)C3C(=O)NN=CC3=N2)CC1. The Morgan fingerprint density at radius 3 is 2.74 bits per heavy atom. The molecule has 0 radical (unpaired) electrons. The molecule has 0 saturated carbocycles. The Kier molecular flexibility index (Phi) is 4.66. The maximum atomic E-state index is 12.5. The van der Waals surface area contributed by atoms with E-state index in [1.165, 1.54) is 6.21 Å². The molecule has 4 aliphatic rings. The van der Waals surface area contributed by atoms with E-state index in [2.05, 4.69) is 41.6 Å². The lowest BCUT2D eigenvalue weighted by Crippen LogP contribution is -2.47. The first-order valence-corrected chi connectivity index (χ1v) is 9.93. The quantitative estimate of drug-likeness (QED) is 0.737. The molecule has 4 aliphatic heterocycles. The number of piperidine rings is 1. The molecule has 1 N–H and O–H groups in total. The number of hydrogen-bond donors (Lipinski definition) is 1. The minimum atomic E-state index is -0.770. The number of urea groups is 1. The zero-order valence-corrected chi connectivity index (χ0v) is 16.4. The summed E-state index contributed by atoms with van der Waals surface area (Å²) in [7, 11) is 0. The molecule has 1 unspecified atom stereocenters. The molecular formula is C20H17N9O2. The maximum absolute atomic E-state index is 12.5. The number of hydrogen-bond acceptors (Lipinski definition) is 7. The highest BCUT2D eigenvalue weighted by Gasteiger charge is 2.36. The van der Waals surface area contributed by atoms with Gasteiger partial charge < -0.3 is 4.90 Å². The number of rotatable bonds is 2. The van der Waals surface area contributed by atoms with Crippen molar-refractivity contribution in [2.75, 3.05) is 13.1 Å². The zero-order valence-electron chi connectivity index (χ0n) is 16.4. The molecule has 31 heavy (non-hydrogen) atoms. The first-order chi connectivity index (χ1) is 15.1. The summed E-state index contributed by atoms with van der Waals surface area (Å²) in [6.45, 7) is 1.45. The van der Waals surface area contributed by atoms with Gasteiger partial charge in [-0.25, -0.2) is 20.2 Å². The van der Waals surface area contributed by atoms with E-state index in [1.54, 1.807) is 18.2 Å². The van der Waals surface area contributed by atoms with E-state index in [-0.39, 0.29) is 5.91 Å². The van der Waals surface area contributed by atoms with E-state index in [9.17, 15) is 9.59 Å². The van der Waals surface area contributed by atoms with Gasteiger partial charge in [0.2, 0.25) is 5.96 Å². The Bertz CT molecular complexity index is 1260. The van der Waals surface area contributed by atoms with Gasteiger partial charge >= 0.3 is 6.03 Å². The summed E-state index contributed by atoms with van der Waals surface area (Å²) in [4.78, 5) is 47.4. The van der Waals surface area contributed by atoms with Crippen molar-refractivity contribution in [3.8, 4) is 6.07 Å². The van der Waals surface area contributed by atoms with Gasteiger partial charge in [0.25, 0.3) is 5.91 Å². The van der Waals surface area contributed by atoms with Crippen LogP contribution < -0.4 is 16.1 Å². The number of amides is 3. The van der Waals surface area contributed by atoms with Crippen LogP contribution in [0.4, 0.5) is 10.5 Å². The number of likely N-dealkylation sites (tertiary alicyclic amines) is 1. The van der Waals surface area contributed by atoms with Crippen LogP contribution in [0.25, 0.3) is 0 Å². The maximum Gasteiger partial charge on any atom is 0.368 e. The Morgan fingerprint density at radius 1 is 1.13 bits per heavy atom. The zero-order chi connectivity index (χ0) is 21.4. The number of nitriles is 1. The average Bonchev–Trinajstić information content (AvgIpc) is 3.13. The third kappa shape index (κ3) is 3.63. The van der Waals surface area contributed by atoms with Crippen molar-refractivity contribution in [3.63, 3.8) is 0 Å². The van der Waals surface area contributed by atoms with E-state index in [0.717, 1.165) is 25.9 Å². The van der Waals surface area contributed by atoms with Crippen molar-refractivity contribution in [1.82, 2.24) is 10.3 Å². The van der Waals surface area contributed by atoms with Crippen LogP contribution in [0.2, 0.25) is 0 Å². The molecular weight excluding hydrogens is 398 g/mol. The first kappa shape index (κ1) is 18.9. The third-order valence-electron chi connectivity index (χ3n) is 5.54. The van der Waals surface area contributed by atoms with E-state index in [4.69, 9.17) is 5.26 Å². The second-order valence-corrected chi connectivity index (χ2v) is 7.56. The van der Waals surface area contributed by atoms with Crippen LogP contribution in [-0.4, -0.2) is 53.6 Å². The predicted octanol–water partition coefficient (Wildman–Crippen LogP) is 0.257. The van der Waals surface area contributed by atoms with Crippen molar-refractivity contribution in [2.45, 2.75) is 19.3 Å². The first-order valence-electron chi connectivity index (χ1n) is 9.93. The van der Waals surface area contributed by atoms with Crippen LogP contribution in [0.3, 0.4) is 0 Å². The summed E-state index contributed by atoms with van der Waals surface area (Å²) in [6, 6.07) is 6.69. The molecule has 3 amide bonds. The Labute approximate surface area is 176 Å². The minimum Gasteiger partial charge on any atom is -0.341 e. The molecule has 1 atom stereocenters. The van der Waals surface area contributed by atoms with E-state index >= 15 is 0 Å². The molecule has 154 valence electrons. The topological polar surface area (TPSA) is 147 Å². The van der Waals surface area contributed by atoms with Crippen molar-refractivity contribution >= 4 is 41.3 Å². The van der Waals surface area contributed by atoms with Crippen LogP contribution in [0.5, 0.6) is 0 Å². The monoisotopic (exact) mass is 415 g/mol. The summed E-state index contributed by atoms with van der Waals surface area (Å²) in [5, 5.41) is 13.7. The van der Waals surface area contributed by atoms with Crippen LogP contribution in [0.1, 0.15) is 19.3 Å². The van der Waals surface area contributed by atoms with Gasteiger partial charge in [0.15, 0.2) is 5.84 Å². The molecule has 0 bridgehead atoms. The van der Waals surface area contributed by atoms with Gasteiger partial charge in [0, 0.05) is 19.5 Å².